The highest BCUT2D eigenvalue weighted by Crippen LogP contribution is 2.13. The molecule has 0 aliphatic carbocycles. The minimum absolute atomic E-state index is 1.07. The van der Waals surface area contributed by atoms with E-state index in [0.29, 0.717) is 0 Å². The molecule has 4 aromatic carbocycles. The van der Waals surface area contributed by atoms with Gasteiger partial charge in [0.15, 0.2) is 29.3 Å². The summed E-state index contributed by atoms with van der Waals surface area (Å²) in [5.74, 6) is 0. The van der Waals surface area contributed by atoms with E-state index in [0.717, 1.165) is 5.19 Å². The van der Waals surface area contributed by atoms with Crippen LogP contribution in [0.25, 0.3) is 0 Å². The molecule has 7 heteroatoms. The van der Waals surface area contributed by atoms with Crippen LogP contribution in [0.15, 0.2) is 84.9 Å². The summed E-state index contributed by atoms with van der Waals surface area (Å²) in [7, 11) is -6.42. The fourth-order valence-corrected chi connectivity index (χ4v) is 16.6. The van der Waals surface area contributed by atoms with Crippen LogP contribution >= 0.6 is 0 Å². The zero-order valence-electron chi connectivity index (χ0n) is 22.9. The van der Waals surface area contributed by atoms with Crippen LogP contribution in [0, 0.1) is 41.5 Å². The van der Waals surface area contributed by atoms with E-state index in [2.05, 4.69) is 126 Å². The first kappa shape index (κ1) is 27.7. The molecule has 0 atom stereocenters. The predicted octanol–water partition coefficient (Wildman–Crippen LogP) is 1.96. The molecular weight excluding hydrogens is 521 g/mol. The van der Waals surface area contributed by atoms with Gasteiger partial charge in [0, 0.05) is 5.19 Å². The number of hydrogen-bond donors (Lipinski definition) is 0. The highest BCUT2D eigenvalue weighted by atomic mass is 28.5. The van der Waals surface area contributed by atoms with Gasteiger partial charge in [-0.2, -0.15) is 0 Å². The van der Waals surface area contributed by atoms with Gasteiger partial charge in [-0.3, -0.25) is 0 Å². The third kappa shape index (κ3) is 6.56. The molecule has 0 unspecified atom stereocenters. The highest BCUT2D eigenvalue weighted by Gasteiger charge is 2.43. The monoisotopic (exact) mass is 558 g/mol. The molecule has 0 saturated heterocycles. The zero-order valence-corrected chi connectivity index (χ0v) is 28.2. The maximum absolute atomic E-state index is 7.02. The van der Waals surface area contributed by atoms with Crippen LogP contribution in [0.3, 0.4) is 0 Å². The van der Waals surface area contributed by atoms with Gasteiger partial charge in [0.05, 0.1) is 0 Å². The van der Waals surface area contributed by atoms with Gasteiger partial charge in [0.25, 0.3) is 0 Å². The van der Waals surface area contributed by atoms with Crippen molar-refractivity contribution in [2.75, 3.05) is 0 Å². The molecule has 0 bridgehead atoms. The Hall–Kier alpha value is -2.37. The molecule has 0 heterocycles. The molecule has 0 amide bonds. The van der Waals surface area contributed by atoms with E-state index in [1.54, 1.807) is 0 Å². The number of hydrogen-bond acceptors (Lipinski definition) is 3. The fourth-order valence-electron chi connectivity index (χ4n) is 4.44. The van der Waals surface area contributed by atoms with Crippen LogP contribution in [0.5, 0.6) is 0 Å². The lowest BCUT2D eigenvalue weighted by molar-refractivity contribution is 0.308. The minimum atomic E-state index is -3.16. The lowest BCUT2D eigenvalue weighted by atomic mass is 10.1. The predicted molar refractivity (Wildman–Crippen MR) is 167 cm³/mol. The molecule has 0 aliphatic heterocycles. The number of rotatable bonds is 10. The molecule has 0 aliphatic rings. The Kier molecular flexibility index (Phi) is 9.30. The quantitative estimate of drug-likeness (QED) is 0.279. The summed E-state index contributed by atoms with van der Waals surface area (Å²) in [5.41, 5.74) is 7.88. The molecule has 4 aromatic rings. The maximum Gasteiger partial charge on any atom is 0.505 e. The van der Waals surface area contributed by atoms with Crippen LogP contribution in [0.2, 0.25) is 0 Å². The Morgan fingerprint density at radius 3 is 1.14 bits per heavy atom. The van der Waals surface area contributed by atoms with Gasteiger partial charge in [0.1, 0.15) is 0 Å². The summed E-state index contributed by atoms with van der Waals surface area (Å²) in [6.45, 7) is 13.1. The van der Waals surface area contributed by atoms with E-state index in [1.807, 2.05) is 0 Å². The average Bonchev–Trinajstić information content (AvgIpc) is 2.91. The Bertz CT molecular complexity index is 1220. The van der Waals surface area contributed by atoms with Crippen molar-refractivity contribution in [2.24, 2.45) is 0 Å². The molecule has 0 radical (unpaired) electrons. The van der Waals surface area contributed by atoms with Gasteiger partial charge in [-0.05, 0) is 90.5 Å². The summed E-state index contributed by atoms with van der Waals surface area (Å²) in [5, 5.41) is 5.04. The molecule has 3 nitrogen and oxygen atoms in total. The van der Waals surface area contributed by atoms with Gasteiger partial charge in [-0.15, -0.1) is 0 Å². The Balaban J connectivity index is 1.72. The third-order valence-electron chi connectivity index (χ3n) is 7.53. The maximum atomic E-state index is 7.02. The van der Waals surface area contributed by atoms with E-state index in [9.17, 15) is 0 Å². The summed E-state index contributed by atoms with van der Waals surface area (Å²) in [6.07, 6.45) is 0. The highest BCUT2D eigenvalue weighted by molar-refractivity contribution is 6.87. The summed E-state index contributed by atoms with van der Waals surface area (Å²) in [4.78, 5) is 0. The van der Waals surface area contributed by atoms with Crippen molar-refractivity contribution in [1.82, 2.24) is 0 Å². The van der Waals surface area contributed by atoms with Gasteiger partial charge < -0.3 is 12.3 Å². The van der Waals surface area contributed by atoms with Crippen molar-refractivity contribution in [2.45, 2.75) is 41.5 Å². The summed E-state index contributed by atoms with van der Waals surface area (Å²) >= 11 is 0. The van der Waals surface area contributed by atoms with Gasteiger partial charge in [0.2, 0.25) is 0 Å². The van der Waals surface area contributed by atoms with Gasteiger partial charge in [-0.1, -0.05) is 84.9 Å². The third-order valence-corrected chi connectivity index (χ3v) is 18.1. The molecule has 0 N–H and O–H groups in total. The fraction of sp³-hybridized carbons (Fsp3) is 0.200. The van der Waals surface area contributed by atoms with E-state index in [1.165, 1.54) is 48.9 Å². The van der Waals surface area contributed by atoms with Crippen LogP contribution in [-0.2, 0) is 12.3 Å². The first-order valence-electron chi connectivity index (χ1n) is 12.9. The first-order chi connectivity index (χ1) is 17.8. The summed E-state index contributed by atoms with van der Waals surface area (Å²) < 4.78 is 21.1. The SMILES string of the molecule is Cc1cccc([SiH2]O[Si](O[SiH2]c2cccc(C)c2C)(O[SiH2]c2cccc(C)c2C)c2ccccc2)c1C. The average molecular weight is 559 g/mol. The second-order valence-corrected chi connectivity index (χ2v) is 18.2. The van der Waals surface area contributed by atoms with Gasteiger partial charge >= 0.3 is 8.80 Å². The number of benzene rings is 4. The second kappa shape index (κ2) is 12.4. The van der Waals surface area contributed by atoms with Crippen LogP contribution in [-0.4, -0.2) is 38.1 Å². The second-order valence-electron chi connectivity index (χ2n) is 9.87. The lowest BCUT2D eigenvalue weighted by Gasteiger charge is -2.32. The topological polar surface area (TPSA) is 27.7 Å². The normalized spacial score (nSPS) is 13.9. The molecule has 0 saturated carbocycles. The summed E-state index contributed by atoms with van der Waals surface area (Å²) in [6, 6.07) is 30.0. The van der Waals surface area contributed by atoms with E-state index >= 15 is 0 Å². The Morgan fingerprint density at radius 2 is 0.784 bits per heavy atom. The van der Waals surface area contributed by atoms with Crippen molar-refractivity contribution in [3.05, 3.63) is 118 Å². The van der Waals surface area contributed by atoms with Gasteiger partial charge in [-0.25, -0.2) is 0 Å². The van der Waals surface area contributed by atoms with Crippen molar-refractivity contribution in [1.29, 1.82) is 0 Å². The Labute approximate surface area is 230 Å². The lowest BCUT2D eigenvalue weighted by Crippen LogP contribution is -2.61. The molecular formula is C30H38O3Si4. The van der Waals surface area contributed by atoms with Crippen molar-refractivity contribution in [3.63, 3.8) is 0 Å². The Morgan fingerprint density at radius 1 is 0.432 bits per heavy atom. The molecule has 37 heavy (non-hydrogen) atoms. The molecule has 0 spiro atoms. The van der Waals surface area contributed by atoms with Crippen molar-refractivity contribution in [3.8, 4) is 0 Å². The molecule has 0 aromatic heterocycles. The zero-order chi connectivity index (χ0) is 26.4. The largest absolute Gasteiger partial charge is 0.505 e. The van der Waals surface area contributed by atoms with E-state index < -0.39 is 38.1 Å². The number of aryl methyl sites for hydroxylation is 3. The van der Waals surface area contributed by atoms with Crippen molar-refractivity contribution >= 4 is 58.8 Å². The molecule has 0 fully saturated rings. The van der Waals surface area contributed by atoms with Crippen LogP contribution < -0.4 is 20.7 Å². The first-order valence-corrected chi connectivity index (χ1v) is 18.5. The standard InChI is InChI=1S/C30H38O3Si4/c1-21-13-10-18-28(24(21)4)34-31-37(27-16-8-7-9-17-27,32-35-29-19-11-14-22(2)25(29)5)33-36-30-20-12-15-23(3)26(30)6/h7-20H,34-36H2,1-6H3. The van der Waals surface area contributed by atoms with E-state index in [4.69, 9.17) is 12.3 Å². The van der Waals surface area contributed by atoms with E-state index in [-0.39, 0.29) is 0 Å². The van der Waals surface area contributed by atoms with Crippen LogP contribution in [0.4, 0.5) is 0 Å². The molecule has 4 rings (SSSR count). The van der Waals surface area contributed by atoms with Crippen LogP contribution in [0.1, 0.15) is 33.4 Å². The smallest absolute Gasteiger partial charge is 0.414 e. The molecule has 192 valence electrons. The van der Waals surface area contributed by atoms with Crippen molar-refractivity contribution < 1.29 is 12.3 Å². The minimum Gasteiger partial charge on any atom is -0.414 e.